The molecule has 2 saturated heterocycles. The third kappa shape index (κ3) is 4.63. The maximum atomic E-state index is 12.8. The Kier molecular flexibility index (Phi) is 6.11. The second-order valence-electron chi connectivity index (χ2n) is 7.72. The molecule has 0 bridgehead atoms. The van der Waals surface area contributed by atoms with Crippen molar-refractivity contribution in [3.05, 3.63) is 29.3 Å². The molecule has 0 aromatic heterocycles. The molecule has 0 saturated carbocycles. The number of rotatable bonds is 5. The highest BCUT2D eigenvalue weighted by Gasteiger charge is 2.34. The summed E-state index contributed by atoms with van der Waals surface area (Å²) >= 11 is 0. The number of aryl methyl sites for hydroxylation is 1. The van der Waals surface area contributed by atoms with Crippen molar-refractivity contribution in [2.75, 3.05) is 55.7 Å². The van der Waals surface area contributed by atoms with Gasteiger partial charge in [0.2, 0.25) is 5.91 Å². The van der Waals surface area contributed by atoms with Gasteiger partial charge < -0.3 is 9.80 Å². The molecule has 0 aliphatic carbocycles. The number of anilines is 1. The molecule has 0 N–H and O–H groups in total. The Hall–Kier alpha value is -1.60. The van der Waals surface area contributed by atoms with Gasteiger partial charge in [-0.1, -0.05) is 12.1 Å². The van der Waals surface area contributed by atoms with Crippen LogP contribution in [0.15, 0.2) is 18.2 Å². The SMILES string of the molecule is CCN(C(=O)CN1CCN(c2cccc(C)c2C)CC1)C1CCS(=O)(=O)C1. The molecular formula is C20H31N3O3S. The number of hydrogen-bond acceptors (Lipinski definition) is 5. The van der Waals surface area contributed by atoms with E-state index < -0.39 is 9.84 Å². The molecule has 1 aromatic carbocycles. The second kappa shape index (κ2) is 8.19. The van der Waals surface area contributed by atoms with Crippen molar-refractivity contribution in [1.82, 2.24) is 9.80 Å². The smallest absolute Gasteiger partial charge is 0.237 e. The number of carbonyl (C=O) groups is 1. The predicted octanol–water partition coefficient (Wildman–Crippen LogP) is 1.46. The Labute approximate surface area is 163 Å². The van der Waals surface area contributed by atoms with E-state index in [0.717, 1.165) is 26.2 Å². The Morgan fingerprint density at radius 2 is 1.89 bits per heavy atom. The number of nitrogens with zero attached hydrogens (tertiary/aromatic N) is 3. The van der Waals surface area contributed by atoms with E-state index in [-0.39, 0.29) is 23.5 Å². The summed E-state index contributed by atoms with van der Waals surface area (Å²) in [6, 6.07) is 6.25. The molecule has 1 aromatic rings. The van der Waals surface area contributed by atoms with Crippen molar-refractivity contribution < 1.29 is 13.2 Å². The van der Waals surface area contributed by atoms with Crippen LogP contribution >= 0.6 is 0 Å². The third-order valence-corrected chi connectivity index (χ3v) is 7.71. The molecule has 1 unspecified atom stereocenters. The molecule has 2 aliphatic rings. The van der Waals surface area contributed by atoms with Gasteiger partial charge in [0.1, 0.15) is 0 Å². The first-order valence-corrected chi connectivity index (χ1v) is 11.7. The van der Waals surface area contributed by atoms with Crippen LogP contribution < -0.4 is 4.90 Å². The molecule has 1 amide bonds. The lowest BCUT2D eigenvalue weighted by atomic mass is 10.1. The van der Waals surface area contributed by atoms with Crippen molar-refractivity contribution in [1.29, 1.82) is 0 Å². The highest BCUT2D eigenvalue weighted by atomic mass is 32.2. The molecule has 0 spiro atoms. The number of hydrogen-bond donors (Lipinski definition) is 0. The molecule has 1 atom stereocenters. The summed E-state index contributed by atoms with van der Waals surface area (Å²) in [5.41, 5.74) is 3.91. The van der Waals surface area contributed by atoms with Gasteiger partial charge in [-0.2, -0.15) is 0 Å². The Morgan fingerprint density at radius 3 is 2.48 bits per heavy atom. The van der Waals surface area contributed by atoms with Crippen LogP contribution in [0.25, 0.3) is 0 Å². The van der Waals surface area contributed by atoms with Crippen LogP contribution in [-0.4, -0.2) is 80.9 Å². The van der Waals surface area contributed by atoms with Gasteiger partial charge in [-0.25, -0.2) is 8.42 Å². The van der Waals surface area contributed by atoms with Crippen LogP contribution in [0.2, 0.25) is 0 Å². The Bertz CT molecular complexity index is 786. The van der Waals surface area contributed by atoms with Crippen molar-refractivity contribution in [2.45, 2.75) is 33.2 Å². The van der Waals surface area contributed by atoms with E-state index in [1.165, 1.54) is 16.8 Å². The molecule has 2 heterocycles. The van der Waals surface area contributed by atoms with Crippen molar-refractivity contribution >= 4 is 21.4 Å². The van der Waals surface area contributed by atoms with Gasteiger partial charge >= 0.3 is 0 Å². The van der Waals surface area contributed by atoms with Gasteiger partial charge in [0.25, 0.3) is 0 Å². The van der Waals surface area contributed by atoms with Crippen molar-refractivity contribution in [3.8, 4) is 0 Å². The van der Waals surface area contributed by atoms with Crippen LogP contribution in [0.1, 0.15) is 24.5 Å². The lowest BCUT2D eigenvalue weighted by Gasteiger charge is -2.38. The summed E-state index contributed by atoms with van der Waals surface area (Å²) < 4.78 is 23.5. The summed E-state index contributed by atoms with van der Waals surface area (Å²) in [6.45, 7) is 10.7. The molecule has 0 radical (unpaired) electrons. The van der Waals surface area contributed by atoms with Crippen molar-refractivity contribution in [3.63, 3.8) is 0 Å². The number of amides is 1. The van der Waals surface area contributed by atoms with Crippen LogP contribution in [0.4, 0.5) is 5.69 Å². The fourth-order valence-electron chi connectivity index (χ4n) is 4.17. The molecular weight excluding hydrogens is 362 g/mol. The minimum Gasteiger partial charge on any atom is -0.369 e. The maximum absolute atomic E-state index is 12.8. The van der Waals surface area contributed by atoms with Crippen molar-refractivity contribution in [2.24, 2.45) is 0 Å². The fourth-order valence-corrected chi connectivity index (χ4v) is 5.90. The molecule has 7 heteroatoms. The Balaban J connectivity index is 1.55. The van der Waals surface area contributed by atoms with Gasteiger partial charge in [-0.3, -0.25) is 9.69 Å². The maximum Gasteiger partial charge on any atom is 0.237 e. The molecule has 150 valence electrons. The molecule has 3 rings (SSSR count). The van der Waals surface area contributed by atoms with Gasteiger partial charge in [0, 0.05) is 44.5 Å². The summed E-state index contributed by atoms with van der Waals surface area (Å²) in [5, 5.41) is 0. The van der Waals surface area contributed by atoms with Gasteiger partial charge in [0.15, 0.2) is 9.84 Å². The van der Waals surface area contributed by atoms with E-state index in [2.05, 4.69) is 41.8 Å². The molecule has 2 aliphatic heterocycles. The zero-order valence-electron chi connectivity index (χ0n) is 16.6. The minimum atomic E-state index is -2.98. The summed E-state index contributed by atoms with van der Waals surface area (Å²) in [5.74, 6) is 0.378. The first-order valence-electron chi connectivity index (χ1n) is 9.84. The monoisotopic (exact) mass is 393 g/mol. The summed E-state index contributed by atoms with van der Waals surface area (Å²) in [6.07, 6.45) is 0.572. The fraction of sp³-hybridized carbons (Fsp3) is 0.650. The van der Waals surface area contributed by atoms with Gasteiger partial charge in [-0.15, -0.1) is 0 Å². The first-order chi connectivity index (χ1) is 12.8. The minimum absolute atomic E-state index is 0.0554. The van der Waals surface area contributed by atoms with Gasteiger partial charge in [0.05, 0.1) is 18.1 Å². The zero-order chi connectivity index (χ0) is 19.6. The highest BCUT2D eigenvalue weighted by molar-refractivity contribution is 7.91. The third-order valence-electron chi connectivity index (χ3n) is 5.96. The second-order valence-corrected chi connectivity index (χ2v) is 9.95. The Morgan fingerprint density at radius 1 is 1.19 bits per heavy atom. The summed E-state index contributed by atoms with van der Waals surface area (Å²) in [7, 11) is -2.98. The number of sulfone groups is 1. The summed E-state index contributed by atoms with van der Waals surface area (Å²) in [4.78, 5) is 19.1. The average molecular weight is 394 g/mol. The van der Waals surface area contributed by atoms with E-state index in [1.807, 2.05) is 6.92 Å². The zero-order valence-corrected chi connectivity index (χ0v) is 17.5. The lowest BCUT2D eigenvalue weighted by Crippen LogP contribution is -2.52. The molecule has 27 heavy (non-hydrogen) atoms. The van der Waals surface area contributed by atoms with E-state index in [0.29, 0.717) is 19.5 Å². The average Bonchev–Trinajstić information content (AvgIpc) is 2.98. The van der Waals surface area contributed by atoms with E-state index >= 15 is 0 Å². The van der Waals surface area contributed by atoms with Crippen LogP contribution in [0.5, 0.6) is 0 Å². The highest BCUT2D eigenvalue weighted by Crippen LogP contribution is 2.24. The number of likely N-dealkylation sites (N-methyl/N-ethyl adjacent to an activating group) is 1. The number of benzene rings is 1. The van der Waals surface area contributed by atoms with Crippen LogP contribution in [0, 0.1) is 13.8 Å². The van der Waals surface area contributed by atoms with Crippen LogP contribution in [-0.2, 0) is 14.6 Å². The lowest BCUT2D eigenvalue weighted by molar-refractivity contribution is -0.134. The van der Waals surface area contributed by atoms with E-state index in [9.17, 15) is 13.2 Å². The molecule has 6 nitrogen and oxygen atoms in total. The standard InChI is InChI=1S/C20H31N3O3S/c1-4-23(18-8-13-27(25,26)15-18)20(24)14-21-9-11-22(12-10-21)19-7-5-6-16(2)17(19)3/h5-7,18H,4,8-15H2,1-3H3. The van der Waals surface area contributed by atoms with Gasteiger partial charge in [-0.05, 0) is 44.4 Å². The number of carbonyl (C=O) groups excluding carboxylic acids is 1. The predicted molar refractivity (Wildman–Crippen MR) is 109 cm³/mol. The van der Waals surface area contributed by atoms with Crippen LogP contribution in [0.3, 0.4) is 0 Å². The first kappa shape index (κ1) is 20.1. The largest absolute Gasteiger partial charge is 0.369 e. The molecule has 2 fully saturated rings. The topological polar surface area (TPSA) is 60.9 Å². The van der Waals surface area contributed by atoms with E-state index in [4.69, 9.17) is 0 Å². The number of piperazine rings is 1. The quantitative estimate of drug-likeness (QED) is 0.758. The van der Waals surface area contributed by atoms with E-state index in [1.54, 1.807) is 4.90 Å². The normalized spacial score (nSPS) is 22.8.